The average Bonchev–Trinajstić information content (AvgIpc) is 2.14. The summed E-state index contributed by atoms with van der Waals surface area (Å²) in [6.45, 7) is 10.9. The van der Waals surface area contributed by atoms with E-state index in [2.05, 4.69) is 40.7 Å². The topological polar surface area (TPSA) is 0 Å². The molecule has 0 aliphatic rings. The second kappa shape index (κ2) is 7.11. The molecule has 0 aliphatic carbocycles. The molecule has 1 heteroatoms. The van der Waals surface area contributed by atoms with Crippen molar-refractivity contribution >= 4 is 11.6 Å². The van der Waals surface area contributed by atoms with Crippen LogP contribution in [-0.2, 0) is 0 Å². The van der Waals surface area contributed by atoms with Crippen LogP contribution in [0.15, 0.2) is 22.3 Å². The Morgan fingerprint density at radius 3 is 2.21 bits per heavy atom. The van der Waals surface area contributed by atoms with Crippen molar-refractivity contribution in [1.29, 1.82) is 0 Å². The lowest BCUT2D eigenvalue weighted by atomic mass is 9.95. The quantitative estimate of drug-likeness (QED) is 0.546. The molecule has 0 atom stereocenters. The van der Waals surface area contributed by atoms with Crippen molar-refractivity contribution in [2.75, 3.05) is 0 Å². The van der Waals surface area contributed by atoms with Crippen LogP contribution in [0.2, 0.25) is 0 Å². The maximum Gasteiger partial charge on any atom is 0.0400 e. The molecule has 14 heavy (non-hydrogen) atoms. The first-order chi connectivity index (χ1) is 6.54. The maximum atomic E-state index is 6.30. The molecular formula is C13H23Cl. The number of unbranched alkanes of at least 4 members (excludes halogenated alkanes) is 1. The normalized spacial score (nSPS) is 14.6. The first-order valence-electron chi connectivity index (χ1n) is 5.60. The number of rotatable bonds is 5. The van der Waals surface area contributed by atoms with Gasteiger partial charge in [-0.3, -0.25) is 0 Å². The van der Waals surface area contributed by atoms with E-state index >= 15 is 0 Å². The van der Waals surface area contributed by atoms with Gasteiger partial charge in [0.15, 0.2) is 0 Å². The van der Waals surface area contributed by atoms with Crippen molar-refractivity contribution in [1.82, 2.24) is 0 Å². The average molecular weight is 215 g/mol. The summed E-state index contributed by atoms with van der Waals surface area (Å²) in [5.41, 5.74) is 2.75. The molecule has 0 unspecified atom stereocenters. The van der Waals surface area contributed by atoms with E-state index in [1.54, 1.807) is 0 Å². The van der Waals surface area contributed by atoms with Gasteiger partial charge in [-0.25, -0.2) is 0 Å². The molecule has 0 amide bonds. The molecule has 0 saturated heterocycles. The number of hydrogen-bond donors (Lipinski definition) is 0. The highest BCUT2D eigenvalue weighted by Gasteiger charge is 2.09. The largest absolute Gasteiger partial charge is 0.0844 e. The zero-order valence-electron chi connectivity index (χ0n) is 10.2. The van der Waals surface area contributed by atoms with Crippen LogP contribution >= 0.6 is 11.6 Å². The highest BCUT2D eigenvalue weighted by molar-refractivity contribution is 6.32. The molecule has 0 aromatic carbocycles. The lowest BCUT2D eigenvalue weighted by Gasteiger charge is -2.14. The summed E-state index contributed by atoms with van der Waals surface area (Å²) in [5, 5.41) is 0.959. The fourth-order valence-corrected chi connectivity index (χ4v) is 2.03. The summed E-state index contributed by atoms with van der Waals surface area (Å²) in [6, 6.07) is 0. The van der Waals surface area contributed by atoms with Crippen molar-refractivity contribution in [2.45, 2.75) is 53.9 Å². The summed E-state index contributed by atoms with van der Waals surface area (Å²) in [5.74, 6) is 0.524. The van der Waals surface area contributed by atoms with Crippen LogP contribution in [0.3, 0.4) is 0 Å². The van der Waals surface area contributed by atoms with E-state index in [0.29, 0.717) is 5.92 Å². The summed E-state index contributed by atoms with van der Waals surface area (Å²) in [7, 11) is 0. The van der Waals surface area contributed by atoms with Crippen LogP contribution in [-0.4, -0.2) is 0 Å². The van der Waals surface area contributed by atoms with Crippen molar-refractivity contribution in [3.63, 3.8) is 0 Å². The number of halogens is 1. The van der Waals surface area contributed by atoms with Gasteiger partial charge in [0, 0.05) is 5.03 Å². The van der Waals surface area contributed by atoms with Gasteiger partial charge in [-0.05, 0) is 31.3 Å². The highest BCUT2D eigenvalue weighted by Crippen LogP contribution is 2.28. The Morgan fingerprint density at radius 2 is 1.86 bits per heavy atom. The lowest BCUT2D eigenvalue weighted by Crippen LogP contribution is -1.98. The predicted octanol–water partition coefficient (Wildman–Crippen LogP) is 5.29. The third kappa shape index (κ3) is 4.32. The van der Waals surface area contributed by atoms with E-state index in [0.717, 1.165) is 24.3 Å². The van der Waals surface area contributed by atoms with Gasteiger partial charge in [0.05, 0.1) is 0 Å². The SMILES string of the molecule is CCC/C=C(Cl)/C(=C(/C)CC)C(C)C. The minimum Gasteiger partial charge on any atom is -0.0844 e. The molecule has 0 saturated carbocycles. The van der Waals surface area contributed by atoms with Crippen LogP contribution in [0.25, 0.3) is 0 Å². The molecule has 0 rings (SSSR count). The van der Waals surface area contributed by atoms with E-state index in [1.165, 1.54) is 11.1 Å². The second-order valence-corrected chi connectivity index (χ2v) is 4.45. The van der Waals surface area contributed by atoms with Crippen molar-refractivity contribution in [3.8, 4) is 0 Å². The zero-order valence-corrected chi connectivity index (χ0v) is 10.9. The van der Waals surface area contributed by atoms with E-state index in [-0.39, 0.29) is 0 Å². The Hall–Kier alpha value is -0.230. The Labute approximate surface area is 94.0 Å². The van der Waals surface area contributed by atoms with Gasteiger partial charge in [-0.1, -0.05) is 57.4 Å². The molecule has 0 aromatic rings. The maximum absolute atomic E-state index is 6.30. The first kappa shape index (κ1) is 13.8. The second-order valence-electron chi connectivity index (χ2n) is 4.04. The molecular weight excluding hydrogens is 192 g/mol. The van der Waals surface area contributed by atoms with Gasteiger partial charge in [0.1, 0.15) is 0 Å². The van der Waals surface area contributed by atoms with Crippen molar-refractivity contribution < 1.29 is 0 Å². The Kier molecular flexibility index (Phi) is 7.00. The van der Waals surface area contributed by atoms with Crippen LogP contribution in [0.5, 0.6) is 0 Å². The van der Waals surface area contributed by atoms with Crippen LogP contribution < -0.4 is 0 Å². The number of hydrogen-bond acceptors (Lipinski definition) is 0. The van der Waals surface area contributed by atoms with Crippen LogP contribution in [0, 0.1) is 5.92 Å². The zero-order chi connectivity index (χ0) is 11.1. The minimum atomic E-state index is 0.524. The molecule has 82 valence electrons. The standard InChI is InChI=1S/C13H23Cl/c1-6-8-9-12(14)13(10(3)4)11(5)7-2/h9-10H,6-8H2,1-5H3/b12-9-,13-11-. The third-order valence-corrected chi connectivity index (χ3v) is 2.79. The molecule has 0 heterocycles. The summed E-state index contributed by atoms with van der Waals surface area (Å²) in [6.07, 6.45) is 5.47. The van der Waals surface area contributed by atoms with Gasteiger partial charge in [-0.15, -0.1) is 0 Å². The lowest BCUT2D eigenvalue weighted by molar-refractivity contribution is 0.765. The van der Waals surface area contributed by atoms with E-state index in [1.807, 2.05) is 0 Å². The monoisotopic (exact) mass is 214 g/mol. The fourth-order valence-electron chi connectivity index (χ4n) is 1.54. The van der Waals surface area contributed by atoms with Crippen molar-refractivity contribution in [3.05, 3.63) is 22.3 Å². The minimum absolute atomic E-state index is 0.524. The van der Waals surface area contributed by atoms with Gasteiger partial charge in [0.25, 0.3) is 0 Å². The summed E-state index contributed by atoms with van der Waals surface area (Å²) < 4.78 is 0. The molecule has 0 N–H and O–H groups in total. The molecule has 0 nitrogen and oxygen atoms in total. The van der Waals surface area contributed by atoms with Crippen LogP contribution in [0.4, 0.5) is 0 Å². The Bertz CT molecular complexity index is 221. The predicted molar refractivity (Wildman–Crippen MR) is 66.7 cm³/mol. The molecule has 0 spiro atoms. The smallest absolute Gasteiger partial charge is 0.0400 e. The highest BCUT2D eigenvalue weighted by atomic mass is 35.5. The van der Waals surface area contributed by atoms with Gasteiger partial charge in [-0.2, -0.15) is 0 Å². The molecule has 0 fully saturated rings. The van der Waals surface area contributed by atoms with E-state index in [4.69, 9.17) is 11.6 Å². The Morgan fingerprint density at radius 1 is 1.29 bits per heavy atom. The van der Waals surface area contributed by atoms with Crippen molar-refractivity contribution in [2.24, 2.45) is 5.92 Å². The molecule has 0 aliphatic heterocycles. The summed E-state index contributed by atoms with van der Waals surface area (Å²) >= 11 is 6.30. The fraction of sp³-hybridized carbons (Fsp3) is 0.692. The van der Waals surface area contributed by atoms with Crippen LogP contribution in [0.1, 0.15) is 53.9 Å². The molecule has 0 radical (unpaired) electrons. The third-order valence-electron chi connectivity index (χ3n) is 2.44. The van der Waals surface area contributed by atoms with E-state index in [9.17, 15) is 0 Å². The first-order valence-corrected chi connectivity index (χ1v) is 5.98. The Balaban J connectivity index is 4.84. The summed E-state index contributed by atoms with van der Waals surface area (Å²) in [4.78, 5) is 0. The number of allylic oxidation sites excluding steroid dienone is 4. The van der Waals surface area contributed by atoms with E-state index < -0.39 is 0 Å². The molecule has 0 aromatic heterocycles. The van der Waals surface area contributed by atoms with Gasteiger partial charge < -0.3 is 0 Å². The van der Waals surface area contributed by atoms with Gasteiger partial charge >= 0.3 is 0 Å². The molecule has 0 bridgehead atoms. The van der Waals surface area contributed by atoms with Gasteiger partial charge in [0.2, 0.25) is 0 Å².